The second-order valence-corrected chi connectivity index (χ2v) is 9.54. The Kier molecular flexibility index (Phi) is 21.8. The third-order valence-corrected chi connectivity index (χ3v) is 6.15. The number of nitrogens with two attached hydrogens (primary N) is 1. The second kappa shape index (κ2) is 20.7. The largest absolute Gasteiger partial charge is 0.481 e. The predicted octanol–water partition coefficient (Wildman–Crippen LogP) is 7.03. The molecule has 5 N–H and O–H groups in total. The maximum absolute atomic E-state index is 10.5. The Morgan fingerprint density at radius 1 is 0.724 bits per heavy atom. The van der Waals surface area contributed by atoms with Crippen molar-refractivity contribution in [1.29, 1.82) is 0 Å². The lowest BCUT2D eigenvalue weighted by molar-refractivity contribution is -0.137. The third-order valence-electron chi connectivity index (χ3n) is 6.15. The smallest absolute Gasteiger partial charge is 0.303 e. The first-order valence-corrected chi connectivity index (χ1v) is 12.4. The molecule has 0 radical (unpaired) electrons. The maximum atomic E-state index is 10.5. The van der Waals surface area contributed by atoms with Gasteiger partial charge in [0.2, 0.25) is 0 Å². The number of aliphatic carboxylic acids is 1. The summed E-state index contributed by atoms with van der Waals surface area (Å²) in [4.78, 5) is 10.5. The van der Waals surface area contributed by atoms with Crippen molar-refractivity contribution < 1.29 is 15.4 Å². The molecule has 0 saturated heterocycles. The molecule has 0 fully saturated rings. The van der Waals surface area contributed by atoms with Crippen LogP contribution in [0.3, 0.4) is 0 Å². The fraction of sp³-hybridized carbons (Fsp3) is 0.960. The lowest BCUT2D eigenvalue weighted by Gasteiger charge is -2.31. The second-order valence-electron chi connectivity index (χ2n) is 9.54. The van der Waals surface area contributed by atoms with Crippen LogP contribution < -0.4 is 5.73 Å². The van der Waals surface area contributed by atoms with Crippen molar-refractivity contribution in [3.05, 3.63) is 0 Å². The third kappa shape index (κ3) is 21.9. The average Bonchev–Trinajstić information content (AvgIpc) is 2.62. The Bertz CT molecular complexity index is 352. The fourth-order valence-electron chi connectivity index (χ4n) is 4.14. The van der Waals surface area contributed by atoms with Crippen molar-refractivity contribution in [1.82, 2.24) is 0 Å². The minimum atomic E-state index is -0.663. The minimum absolute atomic E-state index is 0. The van der Waals surface area contributed by atoms with Crippen LogP contribution in [-0.2, 0) is 4.79 Å². The van der Waals surface area contributed by atoms with E-state index in [1.165, 1.54) is 103 Å². The van der Waals surface area contributed by atoms with Gasteiger partial charge in [-0.25, -0.2) is 0 Å². The number of carboxylic acid groups (broad SMARTS) is 1. The summed E-state index contributed by atoms with van der Waals surface area (Å²) in [6, 6.07) is 0. The summed E-state index contributed by atoms with van der Waals surface area (Å²) in [6.45, 7) is 6.69. The normalized spacial score (nSPS) is 12.6. The summed E-state index contributed by atoms with van der Waals surface area (Å²) in [5.74, 6) is -0.00651. The van der Waals surface area contributed by atoms with Gasteiger partial charge in [0.05, 0.1) is 0 Å². The monoisotopic (exact) mass is 415 g/mol. The van der Waals surface area contributed by atoms with Crippen molar-refractivity contribution in [3.63, 3.8) is 0 Å². The molecule has 4 heteroatoms. The van der Waals surface area contributed by atoms with Crippen molar-refractivity contribution in [2.45, 2.75) is 148 Å². The van der Waals surface area contributed by atoms with Crippen LogP contribution in [0.4, 0.5) is 0 Å². The molecule has 0 rings (SSSR count). The zero-order valence-corrected chi connectivity index (χ0v) is 19.9. The lowest BCUT2D eigenvalue weighted by atomic mass is 9.80. The number of carboxylic acids is 1. The van der Waals surface area contributed by atoms with Gasteiger partial charge in [-0.2, -0.15) is 0 Å². The Morgan fingerprint density at radius 2 is 1.07 bits per heavy atom. The highest BCUT2D eigenvalue weighted by Gasteiger charge is 2.23. The van der Waals surface area contributed by atoms with E-state index < -0.39 is 5.97 Å². The zero-order chi connectivity index (χ0) is 21.1. The Balaban J connectivity index is 0. The molecule has 0 amide bonds. The van der Waals surface area contributed by atoms with E-state index in [0.717, 1.165) is 12.8 Å². The molecule has 0 aliphatic carbocycles. The standard InChI is InChI=1S/C25H51NO2.H2O/c1-4-5-6-7-8-11-14-17-20-23(25(2,3)26)21-18-15-12-9-10-13-16-19-22-24(27)28;/h23H,4-22,26H2,1-3H3,(H,27,28);1H2. The molecular formula is C25H53NO3. The van der Waals surface area contributed by atoms with Gasteiger partial charge in [0.15, 0.2) is 0 Å². The van der Waals surface area contributed by atoms with Gasteiger partial charge >= 0.3 is 5.97 Å². The molecule has 1 unspecified atom stereocenters. The van der Waals surface area contributed by atoms with E-state index in [0.29, 0.717) is 12.3 Å². The van der Waals surface area contributed by atoms with E-state index in [-0.39, 0.29) is 11.0 Å². The van der Waals surface area contributed by atoms with E-state index in [4.69, 9.17) is 10.8 Å². The van der Waals surface area contributed by atoms with E-state index in [1.54, 1.807) is 0 Å². The number of hydrogen-bond donors (Lipinski definition) is 2. The topological polar surface area (TPSA) is 94.8 Å². The molecule has 0 aromatic carbocycles. The summed E-state index contributed by atoms with van der Waals surface area (Å²) in [6.07, 6.45) is 23.6. The van der Waals surface area contributed by atoms with Gasteiger partial charge < -0.3 is 16.3 Å². The molecule has 0 aliphatic rings. The fourth-order valence-corrected chi connectivity index (χ4v) is 4.14. The summed E-state index contributed by atoms with van der Waals surface area (Å²) < 4.78 is 0. The maximum Gasteiger partial charge on any atom is 0.303 e. The van der Waals surface area contributed by atoms with E-state index >= 15 is 0 Å². The molecule has 0 bridgehead atoms. The highest BCUT2D eigenvalue weighted by molar-refractivity contribution is 5.66. The molecule has 0 heterocycles. The van der Waals surface area contributed by atoms with Crippen LogP contribution in [0.15, 0.2) is 0 Å². The van der Waals surface area contributed by atoms with E-state index in [1.807, 2.05) is 0 Å². The van der Waals surface area contributed by atoms with Gasteiger partial charge in [0.1, 0.15) is 0 Å². The molecule has 1 atom stereocenters. The first-order chi connectivity index (χ1) is 13.4. The van der Waals surface area contributed by atoms with E-state index in [2.05, 4.69) is 20.8 Å². The minimum Gasteiger partial charge on any atom is -0.481 e. The summed E-state index contributed by atoms with van der Waals surface area (Å²) in [7, 11) is 0. The molecule has 0 aromatic heterocycles. The number of carbonyl (C=O) groups is 1. The summed E-state index contributed by atoms with van der Waals surface area (Å²) in [5, 5.41) is 8.63. The molecule has 4 nitrogen and oxygen atoms in total. The molecule has 176 valence electrons. The Hall–Kier alpha value is -0.610. The van der Waals surface area contributed by atoms with Crippen molar-refractivity contribution in [3.8, 4) is 0 Å². The van der Waals surface area contributed by atoms with Gasteiger partial charge in [-0.15, -0.1) is 0 Å². The lowest BCUT2D eigenvalue weighted by Crippen LogP contribution is -2.40. The number of rotatable bonds is 21. The molecule has 0 saturated carbocycles. The van der Waals surface area contributed by atoms with Crippen LogP contribution >= 0.6 is 0 Å². The van der Waals surface area contributed by atoms with Gasteiger partial charge in [0.25, 0.3) is 0 Å². The number of hydrogen-bond acceptors (Lipinski definition) is 2. The molecule has 0 aromatic rings. The summed E-state index contributed by atoms with van der Waals surface area (Å²) >= 11 is 0. The van der Waals surface area contributed by atoms with Crippen molar-refractivity contribution >= 4 is 5.97 Å². The van der Waals surface area contributed by atoms with Gasteiger partial charge in [-0.3, -0.25) is 4.79 Å². The average molecular weight is 416 g/mol. The SMILES string of the molecule is CCCCCCCCCCC(CCCCCCCCCCC(=O)O)C(C)(C)N.O. The summed E-state index contributed by atoms with van der Waals surface area (Å²) in [5.41, 5.74) is 6.41. The highest BCUT2D eigenvalue weighted by Crippen LogP contribution is 2.27. The Morgan fingerprint density at radius 3 is 1.41 bits per heavy atom. The molecule has 29 heavy (non-hydrogen) atoms. The van der Waals surface area contributed by atoms with Crippen molar-refractivity contribution in [2.24, 2.45) is 11.7 Å². The number of unbranched alkanes of at least 4 members (excludes halogenated alkanes) is 14. The van der Waals surface area contributed by atoms with Crippen LogP contribution in [-0.4, -0.2) is 22.1 Å². The predicted molar refractivity (Wildman–Crippen MR) is 126 cm³/mol. The first-order valence-electron chi connectivity index (χ1n) is 12.4. The van der Waals surface area contributed by atoms with E-state index in [9.17, 15) is 4.79 Å². The van der Waals surface area contributed by atoms with Crippen LogP contribution in [0.25, 0.3) is 0 Å². The first kappa shape index (κ1) is 30.6. The zero-order valence-electron chi connectivity index (χ0n) is 19.9. The molecule has 0 spiro atoms. The van der Waals surface area contributed by atoms with Crippen LogP contribution in [0, 0.1) is 5.92 Å². The van der Waals surface area contributed by atoms with Gasteiger partial charge in [0, 0.05) is 12.0 Å². The van der Waals surface area contributed by atoms with Crippen LogP contribution in [0.1, 0.15) is 143 Å². The van der Waals surface area contributed by atoms with Crippen LogP contribution in [0.5, 0.6) is 0 Å². The quantitative estimate of drug-likeness (QED) is 0.197. The van der Waals surface area contributed by atoms with Crippen LogP contribution in [0.2, 0.25) is 0 Å². The van der Waals surface area contributed by atoms with Gasteiger partial charge in [-0.05, 0) is 39.0 Å². The van der Waals surface area contributed by atoms with Gasteiger partial charge in [-0.1, -0.05) is 103 Å². The highest BCUT2D eigenvalue weighted by atomic mass is 16.4. The molecule has 0 aliphatic heterocycles. The van der Waals surface area contributed by atoms with Crippen molar-refractivity contribution in [2.75, 3.05) is 0 Å². The Labute approximate surface area is 181 Å². The molecular weight excluding hydrogens is 362 g/mol.